The Morgan fingerprint density at radius 1 is 1.67 bits per heavy atom. The van der Waals surface area contributed by atoms with Crippen LogP contribution in [0.15, 0.2) is 16.6 Å². The van der Waals surface area contributed by atoms with Gasteiger partial charge in [0.1, 0.15) is 5.75 Å². The minimum atomic E-state index is -0.976. The second-order valence-electron chi connectivity index (χ2n) is 2.83. The van der Waals surface area contributed by atoms with Gasteiger partial charge in [-0.25, -0.2) is 0 Å². The first-order valence-corrected chi connectivity index (χ1v) is 4.86. The SMILES string of the molecule is COc1cc(CC(=O)O)c(C#N)cc1Br. The molecule has 0 heterocycles. The van der Waals surface area contributed by atoms with Gasteiger partial charge in [0.15, 0.2) is 0 Å². The number of halogens is 1. The molecule has 0 spiro atoms. The topological polar surface area (TPSA) is 70.3 Å². The number of carboxylic acids is 1. The number of ether oxygens (including phenoxy) is 1. The summed E-state index contributed by atoms with van der Waals surface area (Å²) in [4.78, 5) is 10.6. The van der Waals surface area contributed by atoms with Crippen LogP contribution >= 0.6 is 15.9 Å². The predicted octanol–water partition coefficient (Wildman–Crippen LogP) is 1.96. The van der Waals surface area contributed by atoms with E-state index in [1.807, 2.05) is 6.07 Å². The van der Waals surface area contributed by atoms with E-state index in [9.17, 15) is 4.79 Å². The average molecular weight is 270 g/mol. The van der Waals surface area contributed by atoms with Crippen LogP contribution in [0.4, 0.5) is 0 Å². The normalized spacial score (nSPS) is 9.40. The Hall–Kier alpha value is -1.54. The lowest BCUT2D eigenvalue weighted by Crippen LogP contribution is -2.03. The van der Waals surface area contributed by atoms with Gasteiger partial charge in [-0.2, -0.15) is 5.26 Å². The van der Waals surface area contributed by atoms with Crippen LogP contribution in [-0.4, -0.2) is 18.2 Å². The van der Waals surface area contributed by atoms with Gasteiger partial charge in [0, 0.05) is 0 Å². The fraction of sp³-hybridized carbons (Fsp3) is 0.200. The van der Waals surface area contributed by atoms with E-state index in [4.69, 9.17) is 15.1 Å². The highest BCUT2D eigenvalue weighted by molar-refractivity contribution is 9.10. The van der Waals surface area contributed by atoms with Gasteiger partial charge in [0.25, 0.3) is 0 Å². The van der Waals surface area contributed by atoms with E-state index in [2.05, 4.69) is 15.9 Å². The average Bonchev–Trinajstić information content (AvgIpc) is 2.19. The molecule has 1 aromatic carbocycles. The van der Waals surface area contributed by atoms with Crippen molar-refractivity contribution in [3.63, 3.8) is 0 Å². The zero-order valence-electron chi connectivity index (χ0n) is 7.95. The number of benzene rings is 1. The van der Waals surface area contributed by atoms with E-state index in [-0.39, 0.29) is 6.42 Å². The Balaban J connectivity index is 3.24. The Labute approximate surface area is 95.2 Å². The van der Waals surface area contributed by atoms with Crippen molar-refractivity contribution in [3.05, 3.63) is 27.7 Å². The van der Waals surface area contributed by atoms with Crippen LogP contribution in [0.2, 0.25) is 0 Å². The Morgan fingerprint density at radius 2 is 2.33 bits per heavy atom. The van der Waals surface area contributed by atoms with Gasteiger partial charge in [-0.3, -0.25) is 4.79 Å². The molecule has 0 amide bonds. The predicted molar refractivity (Wildman–Crippen MR) is 56.7 cm³/mol. The quantitative estimate of drug-likeness (QED) is 0.911. The highest BCUT2D eigenvalue weighted by Crippen LogP contribution is 2.28. The monoisotopic (exact) mass is 269 g/mol. The lowest BCUT2D eigenvalue weighted by Gasteiger charge is -2.07. The van der Waals surface area contributed by atoms with E-state index < -0.39 is 5.97 Å². The molecule has 0 unspecified atom stereocenters. The second-order valence-corrected chi connectivity index (χ2v) is 3.68. The van der Waals surface area contributed by atoms with Gasteiger partial charge in [-0.1, -0.05) is 0 Å². The number of rotatable bonds is 3. The van der Waals surface area contributed by atoms with Crippen molar-refractivity contribution >= 4 is 21.9 Å². The summed E-state index contributed by atoms with van der Waals surface area (Å²) in [5.41, 5.74) is 0.787. The minimum absolute atomic E-state index is 0.188. The summed E-state index contributed by atoms with van der Waals surface area (Å²) < 4.78 is 5.65. The van der Waals surface area contributed by atoms with Crippen molar-refractivity contribution in [3.8, 4) is 11.8 Å². The van der Waals surface area contributed by atoms with Gasteiger partial charge < -0.3 is 9.84 Å². The number of methoxy groups -OCH3 is 1. The van der Waals surface area contributed by atoms with Crippen LogP contribution in [0.3, 0.4) is 0 Å². The third kappa shape index (κ3) is 2.70. The van der Waals surface area contributed by atoms with Crippen LogP contribution in [-0.2, 0) is 11.2 Å². The minimum Gasteiger partial charge on any atom is -0.496 e. The van der Waals surface area contributed by atoms with Gasteiger partial charge in [-0.05, 0) is 33.6 Å². The van der Waals surface area contributed by atoms with Crippen LogP contribution in [0.1, 0.15) is 11.1 Å². The Bertz CT molecular complexity index is 437. The third-order valence-electron chi connectivity index (χ3n) is 1.84. The van der Waals surface area contributed by atoms with Crippen molar-refractivity contribution < 1.29 is 14.6 Å². The highest BCUT2D eigenvalue weighted by Gasteiger charge is 2.11. The van der Waals surface area contributed by atoms with Crippen molar-refractivity contribution in [2.24, 2.45) is 0 Å². The summed E-state index contributed by atoms with van der Waals surface area (Å²) >= 11 is 3.22. The van der Waals surface area contributed by atoms with E-state index >= 15 is 0 Å². The smallest absolute Gasteiger partial charge is 0.307 e. The Morgan fingerprint density at radius 3 is 2.80 bits per heavy atom. The van der Waals surface area contributed by atoms with Crippen LogP contribution in [0.25, 0.3) is 0 Å². The standard InChI is InChI=1S/C10H8BrNO3/c1-15-9-3-6(4-10(13)14)7(5-12)2-8(9)11/h2-3H,4H2,1H3,(H,13,14). The molecule has 0 saturated heterocycles. The molecule has 1 rings (SSSR count). The van der Waals surface area contributed by atoms with Crippen molar-refractivity contribution in [2.45, 2.75) is 6.42 Å². The summed E-state index contributed by atoms with van der Waals surface area (Å²) in [5, 5.41) is 17.5. The van der Waals surface area contributed by atoms with Crippen LogP contribution in [0.5, 0.6) is 5.75 Å². The zero-order valence-corrected chi connectivity index (χ0v) is 9.54. The Kier molecular flexibility index (Phi) is 3.69. The molecular formula is C10H8BrNO3. The molecule has 1 N–H and O–H groups in total. The first-order chi connectivity index (χ1) is 7.08. The summed E-state index contributed by atoms with van der Waals surface area (Å²) in [6.07, 6.45) is -0.188. The molecule has 78 valence electrons. The largest absolute Gasteiger partial charge is 0.496 e. The molecule has 15 heavy (non-hydrogen) atoms. The molecule has 0 bridgehead atoms. The highest BCUT2D eigenvalue weighted by atomic mass is 79.9. The van der Waals surface area contributed by atoms with Gasteiger partial charge in [-0.15, -0.1) is 0 Å². The van der Waals surface area contributed by atoms with Crippen LogP contribution < -0.4 is 4.74 Å². The fourth-order valence-corrected chi connectivity index (χ4v) is 1.67. The molecule has 4 nitrogen and oxygen atoms in total. The zero-order chi connectivity index (χ0) is 11.4. The number of hydrogen-bond acceptors (Lipinski definition) is 3. The summed E-state index contributed by atoms with van der Waals surface area (Å²) in [6.45, 7) is 0. The van der Waals surface area contributed by atoms with Crippen molar-refractivity contribution in [2.75, 3.05) is 7.11 Å². The number of aliphatic carboxylic acids is 1. The third-order valence-corrected chi connectivity index (χ3v) is 2.46. The van der Waals surface area contributed by atoms with Crippen LogP contribution in [0, 0.1) is 11.3 Å². The number of nitriles is 1. The molecule has 0 aliphatic carbocycles. The lowest BCUT2D eigenvalue weighted by atomic mass is 10.1. The number of hydrogen-bond donors (Lipinski definition) is 1. The molecule has 1 aromatic rings. The van der Waals surface area contributed by atoms with E-state index in [0.717, 1.165) is 0 Å². The number of carboxylic acid groups (broad SMARTS) is 1. The van der Waals surface area contributed by atoms with Crippen molar-refractivity contribution in [1.82, 2.24) is 0 Å². The molecule has 0 aliphatic rings. The first kappa shape index (κ1) is 11.5. The summed E-state index contributed by atoms with van der Waals surface area (Å²) in [5.74, 6) is -0.457. The molecule has 0 aliphatic heterocycles. The van der Waals surface area contributed by atoms with Crippen molar-refractivity contribution in [1.29, 1.82) is 5.26 Å². The molecular weight excluding hydrogens is 262 g/mol. The lowest BCUT2D eigenvalue weighted by molar-refractivity contribution is -0.136. The molecule has 0 radical (unpaired) electrons. The fourth-order valence-electron chi connectivity index (χ4n) is 1.17. The molecule has 0 aromatic heterocycles. The molecule has 5 heteroatoms. The molecule has 0 fully saturated rings. The summed E-state index contributed by atoms with van der Waals surface area (Å²) in [6, 6.07) is 5.05. The first-order valence-electron chi connectivity index (χ1n) is 4.06. The maximum Gasteiger partial charge on any atom is 0.307 e. The van der Waals surface area contributed by atoms with Gasteiger partial charge in [0.2, 0.25) is 0 Å². The van der Waals surface area contributed by atoms with Gasteiger partial charge >= 0.3 is 5.97 Å². The molecule has 0 atom stereocenters. The number of carbonyl (C=O) groups is 1. The summed E-state index contributed by atoms with van der Waals surface area (Å²) in [7, 11) is 1.48. The van der Waals surface area contributed by atoms with E-state index in [0.29, 0.717) is 21.3 Å². The van der Waals surface area contributed by atoms with E-state index in [1.165, 1.54) is 7.11 Å². The second kappa shape index (κ2) is 4.80. The van der Waals surface area contributed by atoms with Gasteiger partial charge in [0.05, 0.1) is 29.6 Å². The maximum absolute atomic E-state index is 10.6. The number of nitrogens with zero attached hydrogens (tertiary/aromatic N) is 1. The van der Waals surface area contributed by atoms with E-state index in [1.54, 1.807) is 12.1 Å². The maximum atomic E-state index is 10.6. The molecule has 0 saturated carbocycles.